The molecule has 1 atom stereocenters. The molecule has 0 saturated carbocycles. The molecule has 29 heavy (non-hydrogen) atoms. The molecule has 0 fully saturated rings. The summed E-state index contributed by atoms with van der Waals surface area (Å²) in [6.45, 7) is 5.40. The molecule has 6 nitrogen and oxygen atoms in total. The topological polar surface area (TPSA) is 90.9 Å². The largest absolute Gasteiger partial charge is 0.378 e. The number of carbonyl (C=O) groups is 1. The molecule has 0 radical (unpaired) electrons. The number of hydrogen-bond donors (Lipinski definition) is 3. The van der Waals surface area contributed by atoms with E-state index in [9.17, 15) is 9.90 Å². The summed E-state index contributed by atoms with van der Waals surface area (Å²) in [5.41, 5.74) is 5.47. The number of guanidine groups is 1. The lowest BCUT2D eigenvalue weighted by atomic mass is 9.87. The molecule has 1 aliphatic rings. The first-order valence-corrected chi connectivity index (χ1v) is 11.8. The van der Waals surface area contributed by atoms with Crippen LogP contribution in [0.25, 0.3) is 0 Å². The maximum atomic E-state index is 13.1. The van der Waals surface area contributed by atoms with Crippen LogP contribution in [0.3, 0.4) is 0 Å². The third-order valence-electron chi connectivity index (χ3n) is 5.23. The van der Waals surface area contributed by atoms with E-state index in [1.165, 1.54) is 0 Å². The highest BCUT2D eigenvalue weighted by Crippen LogP contribution is 2.32. The predicted octanol–water partition coefficient (Wildman–Crippen LogP) is 3.35. The van der Waals surface area contributed by atoms with Gasteiger partial charge in [-0.25, -0.2) is 4.99 Å². The summed E-state index contributed by atoms with van der Waals surface area (Å²) in [6.07, 6.45) is 5.71. The minimum atomic E-state index is -0.657. The number of rotatable bonds is 14. The van der Waals surface area contributed by atoms with E-state index in [4.69, 9.17) is 5.73 Å². The first-order valence-electron chi connectivity index (χ1n) is 10.8. The molecule has 2 rings (SSSR count). The lowest BCUT2D eigenvalue weighted by molar-refractivity contribution is -0.131. The number of aliphatic hydroxyl groups excluding tert-OH is 1. The molecule has 0 saturated heterocycles. The van der Waals surface area contributed by atoms with Gasteiger partial charge in [0, 0.05) is 17.2 Å². The lowest BCUT2D eigenvalue weighted by Crippen LogP contribution is -2.45. The van der Waals surface area contributed by atoms with Gasteiger partial charge in [-0.2, -0.15) is 0 Å². The van der Waals surface area contributed by atoms with Crippen LogP contribution in [0.2, 0.25) is 0 Å². The first-order chi connectivity index (χ1) is 14.0. The van der Waals surface area contributed by atoms with Gasteiger partial charge in [-0.05, 0) is 37.9 Å². The van der Waals surface area contributed by atoms with E-state index in [-0.39, 0.29) is 5.91 Å². The van der Waals surface area contributed by atoms with Crippen molar-refractivity contribution in [3.8, 4) is 0 Å². The summed E-state index contributed by atoms with van der Waals surface area (Å²) < 4.78 is 0. The van der Waals surface area contributed by atoms with Crippen LogP contribution < -0.4 is 11.1 Å². The highest BCUT2D eigenvalue weighted by Gasteiger charge is 2.46. The Morgan fingerprint density at radius 1 is 1.17 bits per heavy atom. The molecule has 1 aliphatic heterocycles. The number of thioether (sulfide) groups is 1. The van der Waals surface area contributed by atoms with Crippen LogP contribution >= 0.6 is 11.8 Å². The summed E-state index contributed by atoms with van der Waals surface area (Å²) in [5, 5.41) is 13.2. The Morgan fingerprint density at radius 3 is 2.45 bits per heavy atom. The third-order valence-corrected chi connectivity index (χ3v) is 6.31. The van der Waals surface area contributed by atoms with E-state index in [1.807, 2.05) is 30.3 Å². The highest BCUT2D eigenvalue weighted by molar-refractivity contribution is 7.99. The van der Waals surface area contributed by atoms with Crippen molar-refractivity contribution >= 4 is 23.6 Å². The van der Waals surface area contributed by atoms with Gasteiger partial charge in [0.1, 0.15) is 11.8 Å². The van der Waals surface area contributed by atoms with E-state index in [2.05, 4.69) is 24.2 Å². The van der Waals surface area contributed by atoms with E-state index < -0.39 is 11.8 Å². The van der Waals surface area contributed by atoms with Crippen molar-refractivity contribution in [3.63, 3.8) is 0 Å². The molecule has 0 bridgehead atoms. The van der Waals surface area contributed by atoms with Crippen molar-refractivity contribution in [3.05, 3.63) is 30.3 Å². The number of carbonyl (C=O) groups excluding carboxylic acids is 1. The maximum Gasteiger partial charge on any atom is 0.257 e. The molecule has 1 aromatic rings. The minimum absolute atomic E-state index is 0.0529. The molecule has 0 spiro atoms. The molecule has 0 aromatic heterocycles. The first kappa shape index (κ1) is 23.7. The average Bonchev–Trinajstić information content (AvgIpc) is 2.97. The summed E-state index contributed by atoms with van der Waals surface area (Å²) in [7, 11) is 0. The molecule has 7 heteroatoms. The molecular weight excluding hydrogens is 384 g/mol. The number of nitrogens with zero attached hydrogens (tertiary/aromatic N) is 2. The Morgan fingerprint density at radius 2 is 1.83 bits per heavy atom. The second kappa shape index (κ2) is 12.2. The fourth-order valence-electron chi connectivity index (χ4n) is 3.54. The molecular formula is C22H36N4O2S. The van der Waals surface area contributed by atoms with Crippen molar-refractivity contribution in [2.75, 3.05) is 18.8 Å². The highest BCUT2D eigenvalue weighted by atomic mass is 32.2. The number of unbranched alkanes of at least 4 members (excludes halogenated alkanes) is 2. The van der Waals surface area contributed by atoms with Crippen LogP contribution in [0.15, 0.2) is 40.2 Å². The number of aliphatic imine (C=N–C) groups is 1. The Bertz CT molecular complexity index is 645. The summed E-state index contributed by atoms with van der Waals surface area (Å²) in [5.74, 6) is 0.979. The number of nitrogens with one attached hydrogen (secondary N) is 1. The van der Waals surface area contributed by atoms with E-state index >= 15 is 0 Å². The second-order valence-electron chi connectivity index (χ2n) is 7.61. The van der Waals surface area contributed by atoms with Crippen LogP contribution in [0.1, 0.15) is 58.8 Å². The third kappa shape index (κ3) is 7.01. The standard InChI is InChI=1S/C22H36N4O2S/c1-3-5-13-22(14-6-4-2)20(28)26(21(23)25-22)16-10-15-24-19(27)17-29-18-11-8-7-9-12-18/h7-9,11-12,19,24,27H,3-6,10,13-17H2,1-2H3,(H2,23,25). The van der Waals surface area contributed by atoms with Gasteiger partial charge >= 0.3 is 0 Å². The molecule has 1 unspecified atom stereocenters. The summed E-state index contributed by atoms with van der Waals surface area (Å²) in [6, 6.07) is 10.0. The Labute approximate surface area is 179 Å². The molecule has 162 valence electrons. The van der Waals surface area contributed by atoms with Gasteiger partial charge in [0.2, 0.25) is 0 Å². The number of aliphatic hydroxyl groups is 1. The minimum Gasteiger partial charge on any atom is -0.378 e. The summed E-state index contributed by atoms with van der Waals surface area (Å²) >= 11 is 1.61. The van der Waals surface area contributed by atoms with Crippen molar-refractivity contribution < 1.29 is 9.90 Å². The molecule has 1 amide bonds. The molecule has 0 aliphatic carbocycles. The number of nitrogens with two attached hydrogens (primary N) is 1. The SMILES string of the molecule is CCCCC1(CCCC)N=C(N)N(CCCNC(O)CSc2ccccc2)C1=O. The van der Waals surface area contributed by atoms with Gasteiger partial charge < -0.3 is 10.8 Å². The lowest BCUT2D eigenvalue weighted by Gasteiger charge is -2.26. The second-order valence-corrected chi connectivity index (χ2v) is 8.71. The van der Waals surface area contributed by atoms with Gasteiger partial charge in [0.25, 0.3) is 5.91 Å². The fraction of sp³-hybridized carbons (Fsp3) is 0.636. The zero-order valence-electron chi connectivity index (χ0n) is 17.8. The molecule has 1 heterocycles. The van der Waals surface area contributed by atoms with E-state index in [0.717, 1.165) is 43.4 Å². The smallest absolute Gasteiger partial charge is 0.257 e. The quantitative estimate of drug-likeness (QED) is 0.244. The van der Waals surface area contributed by atoms with Gasteiger partial charge in [0.05, 0.1) is 0 Å². The van der Waals surface area contributed by atoms with Crippen molar-refractivity contribution in [2.45, 2.75) is 75.5 Å². The average molecular weight is 421 g/mol. The zero-order valence-corrected chi connectivity index (χ0v) is 18.6. The van der Waals surface area contributed by atoms with Crippen LogP contribution in [0, 0.1) is 0 Å². The predicted molar refractivity (Wildman–Crippen MR) is 121 cm³/mol. The molecule has 1 aromatic carbocycles. The van der Waals surface area contributed by atoms with Crippen LogP contribution in [0.5, 0.6) is 0 Å². The van der Waals surface area contributed by atoms with Crippen LogP contribution in [0.4, 0.5) is 0 Å². The number of benzene rings is 1. The zero-order chi connectivity index (χ0) is 21.1. The van der Waals surface area contributed by atoms with Gasteiger partial charge in [-0.15, -0.1) is 11.8 Å². The normalized spacial score (nSPS) is 16.9. The van der Waals surface area contributed by atoms with E-state index in [1.54, 1.807) is 16.7 Å². The van der Waals surface area contributed by atoms with Crippen LogP contribution in [-0.2, 0) is 4.79 Å². The van der Waals surface area contributed by atoms with Crippen molar-refractivity contribution in [1.82, 2.24) is 10.2 Å². The Hall–Kier alpha value is -1.57. The van der Waals surface area contributed by atoms with Gasteiger partial charge in [-0.3, -0.25) is 15.0 Å². The van der Waals surface area contributed by atoms with Gasteiger partial charge in [-0.1, -0.05) is 57.7 Å². The van der Waals surface area contributed by atoms with Crippen molar-refractivity contribution in [2.24, 2.45) is 10.7 Å². The Balaban J connectivity index is 1.76. The number of hydrogen-bond acceptors (Lipinski definition) is 6. The van der Waals surface area contributed by atoms with Crippen LogP contribution in [-0.4, -0.2) is 52.5 Å². The number of amides is 1. The summed E-state index contributed by atoms with van der Waals surface area (Å²) in [4.78, 5) is 20.5. The fourth-order valence-corrected chi connectivity index (χ4v) is 4.36. The molecule has 4 N–H and O–H groups in total. The Kier molecular flexibility index (Phi) is 9.97. The maximum absolute atomic E-state index is 13.1. The van der Waals surface area contributed by atoms with Crippen molar-refractivity contribution in [1.29, 1.82) is 0 Å². The monoisotopic (exact) mass is 420 g/mol. The van der Waals surface area contributed by atoms with Gasteiger partial charge in [0.15, 0.2) is 5.96 Å². The van der Waals surface area contributed by atoms with E-state index in [0.29, 0.717) is 31.2 Å².